The predicted molar refractivity (Wildman–Crippen MR) is 174 cm³/mol. The summed E-state index contributed by atoms with van der Waals surface area (Å²) in [6.45, 7) is 13.4. The Morgan fingerprint density at radius 1 is 1.07 bits per heavy atom. The maximum Gasteiger partial charge on any atom is 0.257 e. The third-order valence-electron chi connectivity index (χ3n) is 8.82. The fourth-order valence-corrected chi connectivity index (χ4v) is 7.42. The van der Waals surface area contributed by atoms with Crippen molar-refractivity contribution in [3.8, 4) is 11.3 Å². The quantitative estimate of drug-likeness (QED) is 0.223. The van der Waals surface area contributed by atoms with Crippen molar-refractivity contribution in [2.45, 2.75) is 72.6 Å². The van der Waals surface area contributed by atoms with Gasteiger partial charge in [0.05, 0.1) is 22.3 Å². The number of carbonyl (C=O) groups is 2. The molecule has 0 aliphatic heterocycles. The van der Waals surface area contributed by atoms with E-state index >= 15 is 0 Å². The van der Waals surface area contributed by atoms with Gasteiger partial charge in [0, 0.05) is 20.3 Å². The first-order valence-corrected chi connectivity index (χ1v) is 15.9. The Labute approximate surface area is 255 Å². The zero-order valence-corrected chi connectivity index (χ0v) is 27.1. The van der Waals surface area contributed by atoms with Gasteiger partial charge in [-0.3, -0.25) is 9.59 Å². The van der Waals surface area contributed by atoms with Crippen molar-refractivity contribution in [1.82, 2.24) is 4.98 Å². The molecule has 41 heavy (non-hydrogen) atoms. The van der Waals surface area contributed by atoms with Gasteiger partial charge >= 0.3 is 0 Å². The molecular weight excluding hydrogens is 594 g/mol. The molecule has 0 saturated heterocycles. The van der Waals surface area contributed by atoms with Gasteiger partial charge in [0.15, 0.2) is 0 Å². The number of pyridine rings is 1. The molecule has 1 aliphatic carbocycles. The van der Waals surface area contributed by atoms with Crippen LogP contribution in [0.1, 0.15) is 91.1 Å². The minimum absolute atomic E-state index is 0.0387. The van der Waals surface area contributed by atoms with Gasteiger partial charge in [-0.05, 0) is 71.4 Å². The summed E-state index contributed by atoms with van der Waals surface area (Å²) >= 11 is 5.05. The molecule has 1 aliphatic rings. The van der Waals surface area contributed by atoms with Crippen LogP contribution in [0.2, 0.25) is 0 Å². The molecule has 5 rings (SSSR count). The maximum atomic E-state index is 14.0. The Bertz CT molecular complexity index is 1650. The molecule has 2 amide bonds. The van der Waals surface area contributed by atoms with Crippen LogP contribution in [-0.4, -0.2) is 16.8 Å². The monoisotopic (exact) mass is 631 g/mol. The summed E-state index contributed by atoms with van der Waals surface area (Å²) in [5.74, 6) is -0.251. The lowest BCUT2D eigenvalue weighted by atomic mass is 9.69. The second kappa shape index (κ2) is 11.0. The van der Waals surface area contributed by atoms with Gasteiger partial charge in [-0.2, -0.15) is 0 Å². The molecule has 2 aromatic carbocycles. The second-order valence-electron chi connectivity index (χ2n) is 12.9. The Morgan fingerprint density at radius 2 is 1.78 bits per heavy atom. The van der Waals surface area contributed by atoms with Gasteiger partial charge in [-0.15, -0.1) is 11.3 Å². The highest BCUT2D eigenvalue weighted by molar-refractivity contribution is 9.10. The minimum Gasteiger partial charge on any atom is -0.365 e. The first-order chi connectivity index (χ1) is 19.3. The normalized spacial score (nSPS) is 15.5. The number of anilines is 1. The average molecular weight is 633 g/mol. The molecule has 1 atom stereocenters. The third kappa shape index (κ3) is 5.84. The van der Waals surface area contributed by atoms with Gasteiger partial charge in [0.25, 0.3) is 11.8 Å². The molecule has 3 N–H and O–H groups in total. The number of fused-ring (bicyclic) bond motifs is 2. The van der Waals surface area contributed by atoms with E-state index in [1.165, 1.54) is 16.9 Å². The zero-order chi connectivity index (χ0) is 29.7. The number of primary amides is 1. The van der Waals surface area contributed by atoms with Crippen LogP contribution in [0, 0.1) is 11.3 Å². The molecule has 214 valence electrons. The van der Waals surface area contributed by atoms with Gasteiger partial charge in [0.2, 0.25) is 0 Å². The molecule has 7 heteroatoms. The van der Waals surface area contributed by atoms with Crippen molar-refractivity contribution in [2.24, 2.45) is 17.1 Å². The van der Waals surface area contributed by atoms with E-state index in [9.17, 15) is 9.59 Å². The Morgan fingerprint density at radius 3 is 2.41 bits per heavy atom. The minimum atomic E-state index is -0.493. The molecule has 2 heterocycles. The lowest BCUT2D eigenvalue weighted by Gasteiger charge is -2.36. The Hall–Kier alpha value is -3.03. The largest absolute Gasteiger partial charge is 0.365 e. The number of amides is 2. The van der Waals surface area contributed by atoms with Crippen LogP contribution in [0.25, 0.3) is 22.2 Å². The van der Waals surface area contributed by atoms with Crippen LogP contribution in [-0.2, 0) is 18.3 Å². The number of aromatic nitrogens is 1. The number of hydrogen-bond acceptors (Lipinski definition) is 4. The van der Waals surface area contributed by atoms with E-state index in [2.05, 4.69) is 87.1 Å². The van der Waals surface area contributed by atoms with Crippen molar-refractivity contribution in [2.75, 3.05) is 5.32 Å². The van der Waals surface area contributed by atoms with Gasteiger partial charge < -0.3 is 11.1 Å². The summed E-state index contributed by atoms with van der Waals surface area (Å²) in [5.41, 5.74) is 11.7. The van der Waals surface area contributed by atoms with Crippen LogP contribution in [0.4, 0.5) is 5.00 Å². The summed E-state index contributed by atoms with van der Waals surface area (Å²) in [4.78, 5) is 32.7. The summed E-state index contributed by atoms with van der Waals surface area (Å²) < 4.78 is 0.858. The van der Waals surface area contributed by atoms with Crippen LogP contribution < -0.4 is 11.1 Å². The van der Waals surface area contributed by atoms with E-state index in [1.54, 1.807) is 0 Å². The number of carbonyl (C=O) groups excluding carboxylic acids is 2. The number of benzene rings is 2. The first-order valence-electron chi connectivity index (χ1n) is 14.3. The highest BCUT2D eigenvalue weighted by Gasteiger charge is 2.35. The number of nitrogens with zero attached hydrogens (tertiary/aromatic N) is 1. The van der Waals surface area contributed by atoms with E-state index in [4.69, 9.17) is 10.7 Å². The topological polar surface area (TPSA) is 85.1 Å². The van der Waals surface area contributed by atoms with E-state index in [0.29, 0.717) is 22.0 Å². The predicted octanol–water partition coefficient (Wildman–Crippen LogP) is 8.92. The van der Waals surface area contributed by atoms with Gasteiger partial charge in [0.1, 0.15) is 5.00 Å². The lowest BCUT2D eigenvalue weighted by Crippen LogP contribution is -2.29. The van der Waals surface area contributed by atoms with Gasteiger partial charge in [-0.25, -0.2) is 4.98 Å². The molecule has 0 bridgehead atoms. The maximum absolute atomic E-state index is 14.0. The summed E-state index contributed by atoms with van der Waals surface area (Å²) in [7, 11) is 0. The molecule has 2 aromatic heterocycles. The van der Waals surface area contributed by atoms with Crippen LogP contribution in [0.3, 0.4) is 0 Å². The lowest BCUT2D eigenvalue weighted by molar-refractivity contribution is 0.0999. The molecule has 0 saturated carbocycles. The summed E-state index contributed by atoms with van der Waals surface area (Å²) in [6.07, 6.45) is 3.81. The van der Waals surface area contributed by atoms with Crippen molar-refractivity contribution in [1.29, 1.82) is 0 Å². The highest BCUT2D eigenvalue weighted by atomic mass is 79.9. The molecule has 0 spiro atoms. The van der Waals surface area contributed by atoms with Crippen molar-refractivity contribution < 1.29 is 9.59 Å². The molecule has 5 nitrogen and oxygen atoms in total. The summed E-state index contributed by atoms with van der Waals surface area (Å²) in [5, 5.41) is 4.36. The zero-order valence-electron chi connectivity index (χ0n) is 24.7. The van der Waals surface area contributed by atoms with E-state index in [-0.39, 0.29) is 16.7 Å². The Balaban J connectivity index is 1.55. The van der Waals surface area contributed by atoms with E-state index < -0.39 is 5.91 Å². The average Bonchev–Trinajstić information content (AvgIpc) is 3.29. The smallest absolute Gasteiger partial charge is 0.257 e. The molecule has 0 unspecified atom stereocenters. The first kappa shape index (κ1) is 29.5. The summed E-state index contributed by atoms with van der Waals surface area (Å²) in [6, 6.07) is 15.9. The van der Waals surface area contributed by atoms with Crippen LogP contribution in [0.5, 0.6) is 0 Å². The number of hydrogen-bond donors (Lipinski definition) is 2. The van der Waals surface area contributed by atoms with Crippen molar-refractivity contribution >= 4 is 55.0 Å². The second-order valence-corrected chi connectivity index (χ2v) is 14.9. The third-order valence-corrected chi connectivity index (χ3v) is 10.5. The van der Waals surface area contributed by atoms with Gasteiger partial charge in [-0.1, -0.05) is 88.2 Å². The van der Waals surface area contributed by atoms with Crippen molar-refractivity contribution in [3.05, 3.63) is 80.1 Å². The van der Waals surface area contributed by atoms with E-state index in [0.717, 1.165) is 62.8 Å². The standard InChI is InChI=1S/C34H38BrN3O2S/c1-7-34(5,6)21-12-14-23-28(16-21)41-32(29(23)30(36)39)38-31(40)25-18-27(37-26-15-13-22(35)17-24(25)26)19-8-10-20(11-9-19)33(2,3)4/h8-11,13,15,17-18,21H,7,12,14,16H2,1-6H3,(H2,36,39)(H,38,40)/t21-/m0/s1. The van der Waals surface area contributed by atoms with Crippen LogP contribution in [0.15, 0.2) is 53.0 Å². The number of halogens is 1. The number of nitrogens with two attached hydrogens (primary N) is 1. The highest BCUT2D eigenvalue weighted by Crippen LogP contribution is 2.45. The Kier molecular flexibility index (Phi) is 7.90. The number of nitrogens with one attached hydrogen (secondary N) is 1. The fourth-order valence-electron chi connectivity index (χ4n) is 5.74. The van der Waals surface area contributed by atoms with Crippen LogP contribution >= 0.6 is 27.3 Å². The molecular formula is C34H38BrN3O2S. The number of thiophene rings is 1. The fraction of sp³-hybridized carbons (Fsp3) is 0.382. The number of rotatable bonds is 6. The molecule has 0 fully saturated rings. The molecule has 4 aromatic rings. The SMILES string of the molecule is CCC(C)(C)[C@H]1CCc2c(sc(NC(=O)c3cc(-c4ccc(C(C)(C)C)cc4)nc4ccc(Br)cc34)c2C(N)=O)C1. The van der Waals surface area contributed by atoms with Crippen molar-refractivity contribution in [3.63, 3.8) is 0 Å². The van der Waals surface area contributed by atoms with E-state index in [1.807, 2.05) is 24.3 Å². The molecule has 0 radical (unpaired) electrons.